The molecular formula is C17H16N2OS2. The van der Waals surface area contributed by atoms with Crippen LogP contribution in [0.25, 0.3) is 0 Å². The maximum atomic E-state index is 12.6. The lowest BCUT2D eigenvalue weighted by molar-refractivity contribution is 0.104. The van der Waals surface area contributed by atoms with E-state index < -0.39 is 0 Å². The van der Waals surface area contributed by atoms with Gasteiger partial charge < -0.3 is 5.32 Å². The van der Waals surface area contributed by atoms with Gasteiger partial charge in [0.25, 0.3) is 0 Å². The Morgan fingerprint density at radius 1 is 1.14 bits per heavy atom. The Morgan fingerprint density at radius 2 is 1.91 bits per heavy atom. The largest absolute Gasteiger partial charge is 0.331 e. The van der Waals surface area contributed by atoms with Crippen molar-refractivity contribution < 1.29 is 4.79 Å². The predicted octanol–water partition coefficient (Wildman–Crippen LogP) is 5.10. The number of aryl methyl sites for hydroxylation is 3. The van der Waals surface area contributed by atoms with Crippen LogP contribution in [0, 0.1) is 20.8 Å². The summed E-state index contributed by atoms with van der Waals surface area (Å²) in [6, 6.07) is 9.98. The van der Waals surface area contributed by atoms with Gasteiger partial charge in [-0.15, -0.1) is 11.3 Å². The summed E-state index contributed by atoms with van der Waals surface area (Å²) in [6.45, 7) is 6.05. The molecule has 0 fully saturated rings. The Bertz CT molecular complexity index is 833. The van der Waals surface area contributed by atoms with Crippen LogP contribution >= 0.6 is 22.7 Å². The van der Waals surface area contributed by atoms with Crippen LogP contribution in [0.2, 0.25) is 0 Å². The summed E-state index contributed by atoms with van der Waals surface area (Å²) in [6.07, 6.45) is 1.65. The van der Waals surface area contributed by atoms with Gasteiger partial charge in [-0.05, 0) is 38.5 Å². The van der Waals surface area contributed by atoms with Gasteiger partial charge in [-0.1, -0.05) is 29.5 Å². The van der Waals surface area contributed by atoms with Gasteiger partial charge in [0.05, 0.1) is 11.1 Å². The van der Waals surface area contributed by atoms with Gasteiger partial charge in [0.15, 0.2) is 5.13 Å². The Kier molecular flexibility index (Phi) is 4.09. The van der Waals surface area contributed by atoms with Gasteiger partial charge >= 0.3 is 0 Å². The SMILES string of the molecule is Cc1cc(C(=O)c2cnc(Nc3ccccc3C)s2)c(C)s1. The highest BCUT2D eigenvalue weighted by atomic mass is 32.1. The van der Waals surface area contributed by atoms with E-state index in [2.05, 4.69) is 10.3 Å². The van der Waals surface area contributed by atoms with E-state index in [4.69, 9.17) is 0 Å². The molecular weight excluding hydrogens is 312 g/mol. The molecule has 0 radical (unpaired) electrons. The van der Waals surface area contributed by atoms with E-state index in [0.29, 0.717) is 4.88 Å². The highest BCUT2D eigenvalue weighted by Gasteiger charge is 2.17. The first-order valence-electron chi connectivity index (χ1n) is 6.95. The van der Waals surface area contributed by atoms with Gasteiger partial charge in [-0.25, -0.2) is 4.98 Å². The number of carbonyl (C=O) groups is 1. The van der Waals surface area contributed by atoms with Crippen molar-refractivity contribution in [3.8, 4) is 0 Å². The third kappa shape index (κ3) is 2.96. The summed E-state index contributed by atoms with van der Waals surface area (Å²) < 4.78 is 0. The van der Waals surface area contributed by atoms with Crippen molar-refractivity contribution >= 4 is 39.3 Å². The first-order chi connectivity index (χ1) is 10.5. The normalized spacial score (nSPS) is 10.7. The molecule has 112 valence electrons. The van der Waals surface area contributed by atoms with Crippen molar-refractivity contribution in [2.75, 3.05) is 5.32 Å². The average molecular weight is 328 g/mol. The number of thiazole rings is 1. The second-order valence-electron chi connectivity index (χ2n) is 5.13. The van der Waals surface area contributed by atoms with Crippen LogP contribution in [0.1, 0.15) is 30.6 Å². The zero-order valence-electron chi connectivity index (χ0n) is 12.6. The number of nitrogens with one attached hydrogen (secondary N) is 1. The Morgan fingerprint density at radius 3 is 2.59 bits per heavy atom. The van der Waals surface area contributed by atoms with Gasteiger partial charge in [0.2, 0.25) is 5.78 Å². The number of nitrogens with zero attached hydrogens (tertiary/aromatic N) is 1. The fraction of sp³-hybridized carbons (Fsp3) is 0.176. The van der Waals surface area contributed by atoms with E-state index >= 15 is 0 Å². The predicted molar refractivity (Wildman–Crippen MR) is 93.8 cm³/mol. The molecule has 0 amide bonds. The summed E-state index contributed by atoms with van der Waals surface area (Å²) in [5, 5.41) is 4.01. The molecule has 1 aromatic carbocycles. The van der Waals surface area contributed by atoms with Crippen LogP contribution < -0.4 is 5.32 Å². The van der Waals surface area contributed by atoms with E-state index in [1.807, 2.05) is 51.1 Å². The summed E-state index contributed by atoms with van der Waals surface area (Å²) >= 11 is 3.04. The van der Waals surface area contributed by atoms with Crippen molar-refractivity contribution in [3.05, 3.63) is 62.3 Å². The molecule has 0 saturated heterocycles. The molecule has 3 rings (SSSR count). The number of hydrogen-bond acceptors (Lipinski definition) is 5. The monoisotopic (exact) mass is 328 g/mol. The fourth-order valence-electron chi connectivity index (χ4n) is 2.25. The molecule has 0 aliphatic rings. The van der Waals surface area contributed by atoms with E-state index in [-0.39, 0.29) is 5.78 Å². The first kappa shape index (κ1) is 14.9. The zero-order valence-corrected chi connectivity index (χ0v) is 14.3. The minimum atomic E-state index is 0.0529. The third-order valence-electron chi connectivity index (χ3n) is 3.40. The van der Waals surface area contributed by atoms with Crippen LogP contribution in [0.4, 0.5) is 10.8 Å². The number of rotatable bonds is 4. The Labute approximate surface area is 137 Å². The number of para-hydroxylation sites is 1. The number of anilines is 2. The number of carbonyl (C=O) groups excluding carboxylic acids is 1. The van der Waals surface area contributed by atoms with Gasteiger partial charge in [0, 0.05) is 21.0 Å². The van der Waals surface area contributed by atoms with Crippen LogP contribution in [-0.4, -0.2) is 10.8 Å². The van der Waals surface area contributed by atoms with Crippen molar-refractivity contribution in [3.63, 3.8) is 0 Å². The topological polar surface area (TPSA) is 42.0 Å². The molecule has 5 heteroatoms. The molecule has 22 heavy (non-hydrogen) atoms. The van der Waals surface area contributed by atoms with Crippen LogP contribution in [0.3, 0.4) is 0 Å². The maximum absolute atomic E-state index is 12.6. The molecule has 0 aliphatic heterocycles. The minimum Gasteiger partial charge on any atom is -0.331 e. The van der Waals surface area contributed by atoms with E-state index in [9.17, 15) is 4.79 Å². The smallest absolute Gasteiger partial charge is 0.205 e. The van der Waals surface area contributed by atoms with Crippen molar-refractivity contribution in [1.29, 1.82) is 0 Å². The van der Waals surface area contributed by atoms with Crippen molar-refractivity contribution in [2.24, 2.45) is 0 Å². The molecule has 3 nitrogen and oxygen atoms in total. The van der Waals surface area contributed by atoms with Crippen LogP contribution in [0.5, 0.6) is 0 Å². The molecule has 3 aromatic rings. The van der Waals surface area contributed by atoms with Crippen LogP contribution in [0.15, 0.2) is 36.5 Å². The Hall–Kier alpha value is -1.98. The minimum absolute atomic E-state index is 0.0529. The summed E-state index contributed by atoms with van der Waals surface area (Å²) in [5.41, 5.74) is 2.95. The molecule has 2 aromatic heterocycles. The maximum Gasteiger partial charge on any atom is 0.205 e. The molecule has 0 unspecified atom stereocenters. The standard InChI is InChI=1S/C17H16N2OS2/c1-10-6-4-5-7-14(10)19-17-18-9-15(22-17)16(20)13-8-11(2)21-12(13)3/h4-9H,1-3H3,(H,18,19). The summed E-state index contributed by atoms with van der Waals surface area (Å²) in [4.78, 5) is 19.8. The first-order valence-corrected chi connectivity index (χ1v) is 8.58. The van der Waals surface area contributed by atoms with Gasteiger partial charge in [0.1, 0.15) is 0 Å². The molecule has 0 atom stereocenters. The number of aromatic nitrogens is 1. The number of thiophene rings is 1. The third-order valence-corrected chi connectivity index (χ3v) is 5.28. The lowest BCUT2D eigenvalue weighted by atomic mass is 10.1. The highest BCUT2D eigenvalue weighted by molar-refractivity contribution is 7.18. The number of benzene rings is 1. The van der Waals surface area contributed by atoms with Gasteiger partial charge in [-0.3, -0.25) is 4.79 Å². The lowest BCUT2D eigenvalue weighted by Gasteiger charge is -2.05. The molecule has 0 saturated carbocycles. The lowest BCUT2D eigenvalue weighted by Crippen LogP contribution is -1.98. The number of hydrogen-bond donors (Lipinski definition) is 1. The van der Waals surface area contributed by atoms with E-state index in [1.165, 1.54) is 11.3 Å². The zero-order chi connectivity index (χ0) is 15.7. The highest BCUT2D eigenvalue weighted by Crippen LogP contribution is 2.29. The Balaban J connectivity index is 1.83. The van der Waals surface area contributed by atoms with E-state index in [0.717, 1.165) is 31.7 Å². The summed E-state index contributed by atoms with van der Waals surface area (Å²) in [7, 11) is 0. The second-order valence-corrected chi connectivity index (χ2v) is 7.62. The molecule has 0 spiro atoms. The molecule has 2 heterocycles. The summed E-state index contributed by atoms with van der Waals surface area (Å²) in [5.74, 6) is 0.0529. The van der Waals surface area contributed by atoms with Gasteiger partial charge in [-0.2, -0.15) is 0 Å². The van der Waals surface area contributed by atoms with Crippen LogP contribution in [-0.2, 0) is 0 Å². The second kappa shape index (κ2) is 6.02. The average Bonchev–Trinajstić information content (AvgIpc) is 3.07. The number of ketones is 1. The quantitative estimate of drug-likeness (QED) is 0.677. The van der Waals surface area contributed by atoms with Crippen molar-refractivity contribution in [2.45, 2.75) is 20.8 Å². The molecule has 0 aliphatic carbocycles. The van der Waals surface area contributed by atoms with E-state index in [1.54, 1.807) is 17.5 Å². The fourth-order valence-corrected chi connectivity index (χ4v) is 3.96. The molecule has 0 bridgehead atoms. The van der Waals surface area contributed by atoms with Crippen molar-refractivity contribution in [1.82, 2.24) is 4.98 Å². The molecule has 1 N–H and O–H groups in total.